The van der Waals surface area contributed by atoms with Crippen LogP contribution in [0.5, 0.6) is 17.2 Å². The molecule has 2 atom stereocenters. The minimum absolute atomic E-state index is 0.0714. The molecule has 5 rings (SSSR count). The first kappa shape index (κ1) is 28.0. The van der Waals surface area contributed by atoms with Gasteiger partial charge in [-0.05, 0) is 42.8 Å². The van der Waals surface area contributed by atoms with Crippen molar-refractivity contribution in [3.8, 4) is 17.2 Å². The van der Waals surface area contributed by atoms with Crippen molar-refractivity contribution < 1.29 is 27.8 Å². The second-order valence-corrected chi connectivity index (χ2v) is 12.9. The molecular formula is C28H26ClN3O6S2. The molecule has 208 valence electrons. The lowest BCUT2D eigenvalue weighted by atomic mass is 10.0. The number of fused-ring (bicyclic) bond motifs is 1. The zero-order valence-electron chi connectivity index (χ0n) is 21.6. The molecule has 0 aliphatic carbocycles. The van der Waals surface area contributed by atoms with Gasteiger partial charge in [0.05, 0.1) is 29.4 Å². The lowest BCUT2D eigenvalue weighted by Crippen LogP contribution is -2.26. The number of aromatic amines is 1. The van der Waals surface area contributed by atoms with Gasteiger partial charge in [-0.1, -0.05) is 48.5 Å². The molecule has 2 aromatic carbocycles. The summed E-state index contributed by atoms with van der Waals surface area (Å²) >= 11 is 7.48. The predicted octanol–water partition coefficient (Wildman–Crippen LogP) is 5.96. The van der Waals surface area contributed by atoms with Crippen molar-refractivity contribution in [3.05, 3.63) is 77.2 Å². The summed E-state index contributed by atoms with van der Waals surface area (Å²) in [7, 11) is -3.53. The molecule has 9 nitrogen and oxygen atoms in total. The Morgan fingerprint density at radius 1 is 1.18 bits per heavy atom. The van der Waals surface area contributed by atoms with E-state index in [1.54, 1.807) is 48.5 Å². The number of H-pyrrole nitrogens is 1. The number of ether oxygens (including phenoxy) is 2. The Labute approximate surface area is 240 Å². The molecule has 0 saturated carbocycles. The van der Waals surface area contributed by atoms with E-state index >= 15 is 0 Å². The van der Waals surface area contributed by atoms with Gasteiger partial charge in [-0.3, -0.25) is 9.79 Å². The lowest BCUT2D eigenvalue weighted by Gasteiger charge is -2.15. The van der Waals surface area contributed by atoms with Gasteiger partial charge in [-0.2, -0.15) is 0 Å². The highest BCUT2D eigenvalue weighted by molar-refractivity contribution is 8.15. The molecule has 1 aliphatic heterocycles. The summed E-state index contributed by atoms with van der Waals surface area (Å²) in [4.78, 5) is 24.0. The van der Waals surface area contributed by atoms with Gasteiger partial charge in [0.15, 0.2) is 9.84 Å². The quantitative estimate of drug-likeness (QED) is 0.213. The summed E-state index contributed by atoms with van der Waals surface area (Å²) in [6.45, 7) is 2.41. The topological polar surface area (TPSA) is 131 Å². The number of aliphatic imine (C=N–C) groups is 1. The molecule has 3 heterocycles. The molecule has 0 spiro atoms. The Morgan fingerprint density at radius 2 is 1.98 bits per heavy atom. The van der Waals surface area contributed by atoms with Crippen LogP contribution in [-0.2, 0) is 21.2 Å². The van der Waals surface area contributed by atoms with Crippen LogP contribution in [0.1, 0.15) is 24.7 Å². The number of sulfone groups is 1. The Balaban J connectivity index is 1.51. The fourth-order valence-corrected chi connectivity index (χ4v) is 6.75. The third-order valence-corrected chi connectivity index (χ3v) is 9.10. The van der Waals surface area contributed by atoms with Gasteiger partial charge in [0.1, 0.15) is 38.9 Å². The minimum atomic E-state index is -3.53. The normalized spacial score (nSPS) is 16.1. The largest absolute Gasteiger partial charge is 0.485 e. The van der Waals surface area contributed by atoms with Crippen LogP contribution in [0.3, 0.4) is 0 Å². The maximum atomic E-state index is 12.3. The Hall–Kier alpha value is -3.54. The molecule has 2 unspecified atom stereocenters. The van der Waals surface area contributed by atoms with Gasteiger partial charge in [-0.15, -0.1) is 0 Å². The number of aliphatic carboxylic acids is 1. The number of carbonyl (C=O) groups is 1. The maximum absolute atomic E-state index is 12.3. The molecule has 0 radical (unpaired) electrons. The lowest BCUT2D eigenvalue weighted by molar-refractivity contribution is -0.141. The van der Waals surface area contributed by atoms with E-state index in [0.717, 1.165) is 17.3 Å². The minimum Gasteiger partial charge on any atom is -0.485 e. The second-order valence-electron chi connectivity index (χ2n) is 9.29. The van der Waals surface area contributed by atoms with Crippen LogP contribution in [0.25, 0.3) is 10.9 Å². The van der Waals surface area contributed by atoms with Gasteiger partial charge in [0.2, 0.25) is 0 Å². The Kier molecular flexibility index (Phi) is 8.07. The Morgan fingerprint density at radius 3 is 2.70 bits per heavy atom. The van der Waals surface area contributed by atoms with E-state index in [9.17, 15) is 18.3 Å². The van der Waals surface area contributed by atoms with Crippen molar-refractivity contribution in [2.45, 2.75) is 30.1 Å². The highest BCUT2D eigenvalue weighted by atomic mass is 35.5. The van der Waals surface area contributed by atoms with E-state index in [2.05, 4.69) is 15.0 Å². The molecule has 2 N–H and O–H groups in total. The van der Waals surface area contributed by atoms with Gasteiger partial charge in [0, 0.05) is 23.0 Å². The number of pyridine rings is 1. The number of hydrogen-bond acceptors (Lipinski definition) is 8. The number of nitrogens with one attached hydrogen (secondary N) is 1. The summed E-state index contributed by atoms with van der Waals surface area (Å²) in [6, 6.07) is 17.0. The SMILES string of the molecule is CCC(C(=O)O)C1CN=C(c2cc3cc(Oc4ccccc4S(C)(=O)=O)cc(OCc4cccc(Cl)n4)c3[nH]2)S1. The molecule has 0 saturated heterocycles. The van der Waals surface area contributed by atoms with Crippen LogP contribution >= 0.6 is 23.4 Å². The molecule has 0 bridgehead atoms. The number of halogens is 1. The number of rotatable bonds is 10. The smallest absolute Gasteiger partial charge is 0.307 e. The van der Waals surface area contributed by atoms with E-state index in [1.165, 1.54) is 17.8 Å². The van der Waals surface area contributed by atoms with E-state index in [1.807, 2.05) is 13.0 Å². The number of carboxylic acid groups (broad SMARTS) is 1. The van der Waals surface area contributed by atoms with E-state index in [-0.39, 0.29) is 22.5 Å². The highest BCUT2D eigenvalue weighted by Crippen LogP contribution is 2.38. The molecule has 40 heavy (non-hydrogen) atoms. The molecule has 4 aromatic rings. The third kappa shape index (κ3) is 6.11. The molecule has 2 aromatic heterocycles. The van der Waals surface area contributed by atoms with Gasteiger partial charge in [0.25, 0.3) is 0 Å². The molecule has 0 amide bonds. The van der Waals surface area contributed by atoms with Crippen LogP contribution in [0.2, 0.25) is 5.15 Å². The Bertz CT molecular complexity index is 1720. The van der Waals surface area contributed by atoms with Crippen LogP contribution < -0.4 is 9.47 Å². The van der Waals surface area contributed by atoms with Gasteiger partial charge < -0.3 is 19.6 Å². The van der Waals surface area contributed by atoms with E-state index in [4.69, 9.17) is 21.1 Å². The van der Waals surface area contributed by atoms with E-state index in [0.29, 0.717) is 45.9 Å². The molecule has 1 aliphatic rings. The zero-order chi connectivity index (χ0) is 28.4. The number of para-hydroxylation sites is 1. The number of benzene rings is 2. The fraction of sp³-hybridized carbons (Fsp3) is 0.250. The highest BCUT2D eigenvalue weighted by Gasteiger charge is 2.32. The molecular weight excluding hydrogens is 574 g/mol. The van der Waals surface area contributed by atoms with Crippen molar-refractivity contribution in [2.24, 2.45) is 10.9 Å². The fourth-order valence-electron chi connectivity index (χ4n) is 4.47. The maximum Gasteiger partial charge on any atom is 0.307 e. The monoisotopic (exact) mass is 599 g/mol. The average molecular weight is 600 g/mol. The summed E-state index contributed by atoms with van der Waals surface area (Å²) in [5, 5.41) is 11.2. The van der Waals surface area contributed by atoms with Gasteiger partial charge in [-0.25, -0.2) is 13.4 Å². The van der Waals surface area contributed by atoms with Crippen molar-refractivity contribution in [3.63, 3.8) is 0 Å². The first-order chi connectivity index (χ1) is 19.1. The average Bonchev–Trinajstić information content (AvgIpc) is 3.55. The number of carboxylic acids is 1. The predicted molar refractivity (Wildman–Crippen MR) is 156 cm³/mol. The van der Waals surface area contributed by atoms with E-state index < -0.39 is 21.7 Å². The first-order valence-electron chi connectivity index (χ1n) is 12.4. The zero-order valence-corrected chi connectivity index (χ0v) is 24.0. The third-order valence-electron chi connectivity index (χ3n) is 6.40. The second kappa shape index (κ2) is 11.5. The van der Waals surface area contributed by atoms with Crippen molar-refractivity contribution in [1.29, 1.82) is 0 Å². The molecule has 0 fully saturated rings. The van der Waals surface area contributed by atoms with Crippen molar-refractivity contribution >= 4 is 55.1 Å². The van der Waals surface area contributed by atoms with Gasteiger partial charge >= 0.3 is 5.97 Å². The van der Waals surface area contributed by atoms with Crippen LogP contribution in [0, 0.1) is 5.92 Å². The first-order valence-corrected chi connectivity index (χ1v) is 15.6. The standard InChI is InChI=1S/C28H26ClN3O6S2/c1-3-19(28(33)34)23-14-30-27(39-23)20-12-16-11-18(38-21-8-4-5-9-24(21)40(2,35)36)13-22(26(16)32-20)37-15-17-7-6-10-25(29)31-17/h4-13,19,23,32H,3,14-15H2,1-2H3,(H,33,34). The van der Waals surface area contributed by atoms with Crippen molar-refractivity contribution in [2.75, 3.05) is 12.8 Å². The summed E-state index contributed by atoms with van der Waals surface area (Å²) in [5.74, 6) is -0.293. The molecule has 12 heteroatoms. The van der Waals surface area contributed by atoms with Crippen LogP contribution in [0.4, 0.5) is 0 Å². The number of nitrogens with zero attached hydrogens (tertiary/aromatic N) is 2. The number of hydrogen-bond donors (Lipinski definition) is 2. The number of aromatic nitrogens is 2. The summed E-state index contributed by atoms with van der Waals surface area (Å²) in [5.41, 5.74) is 2.03. The van der Waals surface area contributed by atoms with Crippen LogP contribution in [0.15, 0.2) is 70.6 Å². The van der Waals surface area contributed by atoms with Crippen molar-refractivity contribution in [1.82, 2.24) is 9.97 Å². The summed E-state index contributed by atoms with van der Waals surface area (Å²) < 4.78 is 36.9. The number of thioether (sulfide) groups is 1. The van der Waals surface area contributed by atoms with Crippen LogP contribution in [-0.4, -0.2) is 52.6 Å². The summed E-state index contributed by atoms with van der Waals surface area (Å²) in [6.07, 6.45) is 1.65.